The second-order valence-electron chi connectivity index (χ2n) is 5.05. The van der Waals surface area contributed by atoms with Crippen molar-refractivity contribution in [3.8, 4) is 0 Å². The Morgan fingerprint density at radius 3 is 2.78 bits per heavy atom. The molecular weight excluding hydrogens is 267 g/mol. The molecule has 2 nitrogen and oxygen atoms in total. The molecule has 1 saturated carbocycles. The topological polar surface area (TPSA) is 26.3 Å². The quantitative estimate of drug-likeness (QED) is 0.691. The lowest BCUT2D eigenvalue weighted by molar-refractivity contribution is 0.341. The van der Waals surface area contributed by atoms with Gasteiger partial charge in [0.05, 0.1) is 6.61 Å². The molecule has 2 atom stereocenters. The minimum Gasteiger partial charge on any atom is -0.318 e. The molecular formula is C14H20ClO2P. The fraction of sp³-hybridized carbons (Fsp3) is 0.571. The molecule has 1 aromatic carbocycles. The minimum absolute atomic E-state index is 0.278. The van der Waals surface area contributed by atoms with Gasteiger partial charge in [0.2, 0.25) is 0 Å². The van der Waals surface area contributed by atoms with E-state index in [1.54, 1.807) is 0 Å². The third-order valence-electron chi connectivity index (χ3n) is 3.40. The zero-order chi connectivity index (χ0) is 13.2. The smallest absolute Gasteiger partial charge is 0.290 e. The fourth-order valence-corrected chi connectivity index (χ4v) is 4.62. The van der Waals surface area contributed by atoms with Gasteiger partial charge in [0, 0.05) is 6.16 Å². The molecule has 0 aliphatic heterocycles. The van der Waals surface area contributed by atoms with E-state index in [2.05, 4.69) is 31.2 Å². The molecule has 0 aromatic heterocycles. The van der Waals surface area contributed by atoms with Crippen molar-refractivity contribution in [1.29, 1.82) is 0 Å². The first-order chi connectivity index (χ1) is 8.52. The third-order valence-corrected chi connectivity index (χ3v) is 5.58. The zero-order valence-corrected chi connectivity index (χ0v) is 12.6. The molecule has 4 heteroatoms. The average Bonchev–Trinajstić information content (AvgIpc) is 3.09. The summed E-state index contributed by atoms with van der Waals surface area (Å²) in [6.45, 7) is 1.34. The number of benzene rings is 1. The number of aryl methyl sites for hydroxylation is 1. The Morgan fingerprint density at radius 1 is 1.50 bits per heavy atom. The summed E-state index contributed by atoms with van der Waals surface area (Å²) in [5.41, 5.74) is 2.48. The summed E-state index contributed by atoms with van der Waals surface area (Å²) in [6.07, 6.45) is 2.87. The molecule has 0 saturated heterocycles. The van der Waals surface area contributed by atoms with Crippen LogP contribution in [0.25, 0.3) is 0 Å². The highest BCUT2D eigenvalue weighted by atomic mass is 35.7. The molecule has 1 aromatic rings. The van der Waals surface area contributed by atoms with Crippen molar-refractivity contribution in [1.82, 2.24) is 0 Å². The van der Waals surface area contributed by atoms with Crippen molar-refractivity contribution in [2.45, 2.75) is 32.6 Å². The van der Waals surface area contributed by atoms with Crippen molar-refractivity contribution < 1.29 is 9.09 Å². The van der Waals surface area contributed by atoms with E-state index in [-0.39, 0.29) is 5.92 Å². The summed E-state index contributed by atoms with van der Waals surface area (Å²) in [6, 6.07) is 8.42. The summed E-state index contributed by atoms with van der Waals surface area (Å²) in [4.78, 5) is 0. The summed E-state index contributed by atoms with van der Waals surface area (Å²) < 4.78 is 17.4. The highest BCUT2D eigenvalue weighted by molar-refractivity contribution is 7.85. The Labute approximate surface area is 114 Å². The van der Waals surface area contributed by atoms with Crippen molar-refractivity contribution >= 4 is 18.0 Å². The second-order valence-corrected chi connectivity index (χ2v) is 8.40. The van der Waals surface area contributed by atoms with E-state index in [1.807, 2.05) is 6.92 Å². The van der Waals surface area contributed by atoms with Crippen LogP contribution in [-0.4, -0.2) is 12.8 Å². The van der Waals surface area contributed by atoms with Crippen LogP contribution in [0, 0.1) is 12.8 Å². The van der Waals surface area contributed by atoms with Gasteiger partial charge in [-0.05, 0) is 55.3 Å². The van der Waals surface area contributed by atoms with Gasteiger partial charge in [-0.25, -0.2) is 0 Å². The molecule has 0 N–H and O–H groups in total. The van der Waals surface area contributed by atoms with Crippen LogP contribution >= 0.6 is 18.0 Å². The summed E-state index contributed by atoms with van der Waals surface area (Å²) in [5.74, 6) is 0.902. The van der Waals surface area contributed by atoms with Crippen molar-refractivity contribution in [2.24, 2.45) is 5.92 Å². The molecule has 1 aliphatic carbocycles. The van der Waals surface area contributed by atoms with Crippen LogP contribution in [0.3, 0.4) is 0 Å². The Kier molecular flexibility index (Phi) is 4.53. The van der Waals surface area contributed by atoms with Gasteiger partial charge in [0.1, 0.15) is 0 Å². The molecule has 0 amide bonds. The lowest BCUT2D eigenvalue weighted by atomic mass is 9.95. The lowest BCUT2D eigenvalue weighted by Crippen LogP contribution is -2.07. The van der Waals surface area contributed by atoms with Gasteiger partial charge in [-0.2, -0.15) is 0 Å². The maximum Gasteiger partial charge on any atom is 0.290 e. The van der Waals surface area contributed by atoms with Gasteiger partial charge >= 0.3 is 0 Å². The number of hydrogen-bond acceptors (Lipinski definition) is 2. The molecule has 0 radical (unpaired) electrons. The monoisotopic (exact) mass is 286 g/mol. The Bertz CT molecular complexity index is 457. The maximum atomic E-state index is 12.2. The van der Waals surface area contributed by atoms with E-state index in [9.17, 15) is 4.57 Å². The standard InChI is InChI=1S/C14H20ClO2P/c1-3-17-18(15,16)10-14(12-7-8-12)13-6-4-5-11(2)9-13/h4-6,9,12,14H,3,7-8,10H2,1-2H3. The average molecular weight is 287 g/mol. The van der Waals surface area contributed by atoms with Crippen LogP contribution in [0.15, 0.2) is 24.3 Å². The SMILES string of the molecule is CCOP(=O)(Cl)CC(c1cccc(C)c1)C1CC1. The molecule has 0 spiro atoms. The summed E-state index contributed by atoms with van der Waals surface area (Å²) in [7, 11) is 0. The van der Waals surface area contributed by atoms with Crippen LogP contribution < -0.4 is 0 Å². The first kappa shape index (κ1) is 14.1. The Balaban J connectivity index is 2.16. The molecule has 0 bridgehead atoms. The predicted octanol–water partition coefficient (Wildman–Crippen LogP) is 4.96. The summed E-state index contributed by atoms with van der Waals surface area (Å²) >= 11 is 6.03. The molecule has 18 heavy (non-hydrogen) atoms. The lowest BCUT2D eigenvalue weighted by Gasteiger charge is -2.20. The molecule has 2 rings (SSSR count). The first-order valence-corrected chi connectivity index (χ1v) is 9.23. The number of halogens is 1. The summed E-state index contributed by atoms with van der Waals surface area (Å²) in [5, 5.41) is 0. The highest BCUT2D eigenvalue weighted by Gasteiger charge is 2.37. The largest absolute Gasteiger partial charge is 0.318 e. The van der Waals surface area contributed by atoms with Gasteiger partial charge in [0.25, 0.3) is 6.72 Å². The molecule has 1 fully saturated rings. The van der Waals surface area contributed by atoms with E-state index in [0.29, 0.717) is 18.7 Å². The second kappa shape index (κ2) is 5.77. The highest BCUT2D eigenvalue weighted by Crippen LogP contribution is 2.58. The molecule has 0 heterocycles. The zero-order valence-electron chi connectivity index (χ0n) is 10.9. The molecule has 1 aliphatic rings. The van der Waals surface area contributed by atoms with Crippen molar-refractivity contribution in [3.63, 3.8) is 0 Å². The number of hydrogen-bond donors (Lipinski definition) is 0. The van der Waals surface area contributed by atoms with Gasteiger partial charge in [0.15, 0.2) is 0 Å². The minimum atomic E-state index is -2.97. The normalized spacial score (nSPS) is 20.4. The van der Waals surface area contributed by atoms with Crippen LogP contribution in [0.1, 0.15) is 36.8 Å². The predicted molar refractivity (Wildman–Crippen MR) is 76.6 cm³/mol. The van der Waals surface area contributed by atoms with Crippen LogP contribution in [-0.2, 0) is 9.09 Å². The van der Waals surface area contributed by atoms with Crippen LogP contribution in [0.2, 0.25) is 0 Å². The van der Waals surface area contributed by atoms with Crippen molar-refractivity contribution in [3.05, 3.63) is 35.4 Å². The van der Waals surface area contributed by atoms with Gasteiger partial charge in [-0.1, -0.05) is 29.8 Å². The van der Waals surface area contributed by atoms with Crippen LogP contribution in [0.4, 0.5) is 0 Å². The Morgan fingerprint density at radius 2 is 2.22 bits per heavy atom. The van der Waals surface area contributed by atoms with Gasteiger partial charge < -0.3 is 4.52 Å². The third kappa shape index (κ3) is 3.85. The Hall–Kier alpha value is -0.300. The van der Waals surface area contributed by atoms with Crippen LogP contribution in [0.5, 0.6) is 0 Å². The van der Waals surface area contributed by atoms with E-state index < -0.39 is 6.72 Å². The van der Waals surface area contributed by atoms with Crippen molar-refractivity contribution in [2.75, 3.05) is 12.8 Å². The first-order valence-electron chi connectivity index (χ1n) is 6.51. The van der Waals surface area contributed by atoms with E-state index >= 15 is 0 Å². The van der Waals surface area contributed by atoms with Gasteiger partial charge in [-0.15, -0.1) is 0 Å². The van der Waals surface area contributed by atoms with Gasteiger partial charge in [-0.3, -0.25) is 4.57 Å². The van der Waals surface area contributed by atoms with E-state index in [0.717, 1.165) is 0 Å². The van der Waals surface area contributed by atoms with E-state index in [4.69, 9.17) is 15.8 Å². The molecule has 100 valence electrons. The molecule has 2 unspecified atom stereocenters. The maximum absolute atomic E-state index is 12.2. The van der Waals surface area contributed by atoms with E-state index in [1.165, 1.54) is 24.0 Å². The fourth-order valence-electron chi connectivity index (χ4n) is 2.41. The number of rotatable bonds is 6.